The van der Waals surface area contributed by atoms with Crippen molar-refractivity contribution in [3.8, 4) is 11.3 Å². The molecule has 110 valence electrons. The first kappa shape index (κ1) is 14.0. The fourth-order valence-electron chi connectivity index (χ4n) is 2.79. The molecule has 2 aromatic heterocycles. The van der Waals surface area contributed by atoms with Crippen molar-refractivity contribution in [3.63, 3.8) is 0 Å². The largest absolute Gasteiger partial charge is 0.351 e. The van der Waals surface area contributed by atoms with Gasteiger partial charge in [-0.1, -0.05) is 18.2 Å². The monoisotopic (exact) mass is 293 g/mol. The number of aryl methyl sites for hydroxylation is 1. The molecule has 2 heterocycles. The second-order valence-corrected chi connectivity index (χ2v) is 5.16. The van der Waals surface area contributed by atoms with Crippen LogP contribution < -0.4 is 11.3 Å². The third-order valence-electron chi connectivity index (χ3n) is 3.78. The Morgan fingerprint density at radius 2 is 1.91 bits per heavy atom. The Hall–Kier alpha value is -2.95. The number of fused-ring (bicyclic) bond motifs is 1. The fraction of sp³-hybridized carbons (Fsp3) is 0.118. The van der Waals surface area contributed by atoms with E-state index in [1.807, 2.05) is 31.2 Å². The summed E-state index contributed by atoms with van der Waals surface area (Å²) in [6, 6.07) is 10.2. The van der Waals surface area contributed by atoms with Crippen molar-refractivity contribution in [2.75, 3.05) is 0 Å². The van der Waals surface area contributed by atoms with Crippen LogP contribution in [0.4, 0.5) is 4.79 Å². The average Bonchev–Trinajstić information content (AvgIpc) is 2.50. The molecule has 22 heavy (non-hydrogen) atoms. The van der Waals surface area contributed by atoms with E-state index in [2.05, 4.69) is 4.98 Å². The van der Waals surface area contributed by atoms with Crippen LogP contribution in [0.1, 0.15) is 11.1 Å². The predicted octanol–water partition coefficient (Wildman–Crippen LogP) is 2.61. The van der Waals surface area contributed by atoms with Gasteiger partial charge in [0.15, 0.2) is 0 Å². The molecule has 0 aliphatic heterocycles. The average molecular weight is 293 g/mol. The van der Waals surface area contributed by atoms with Crippen LogP contribution in [0.3, 0.4) is 0 Å². The molecule has 0 bridgehead atoms. The Balaban J connectivity index is 2.59. The van der Waals surface area contributed by atoms with E-state index < -0.39 is 11.6 Å². The first-order valence-corrected chi connectivity index (χ1v) is 6.88. The number of hydrogen-bond donors (Lipinski definition) is 1. The van der Waals surface area contributed by atoms with Crippen LogP contribution in [-0.4, -0.2) is 15.6 Å². The quantitative estimate of drug-likeness (QED) is 0.749. The van der Waals surface area contributed by atoms with Crippen molar-refractivity contribution in [1.82, 2.24) is 9.55 Å². The molecule has 0 radical (unpaired) electrons. The minimum atomic E-state index is -0.781. The molecular formula is C17H15N3O2. The smallest absolute Gasteiger partial charge is 0.326 e. The molecular weight excluding hydrogens is 278 g/mol. The Morgan fingerprint density at radius 3 is 2.55 bits per heavy atom. The van der Waals surface area contributed by atoms with E-state index >= 15 is 0 Å². The molecule has 1 amide bonds. The highest BCUT2D eigenvalue weighted by Gasteiger charge is 2.19. The zero-order chi connectivity index (χ0) is 15.9. The van der Waals surface area contributed by atoms with Crippen molar-refractivity contribution in [2.24, 2.45) is 5.73 Å². The molecule has 5 nitrogen and oxygen atoms in total. The summed E-state index contributed by atoms with van der Waals surface area (Å²) in [5, 5.41) is 0.817. The summed E-state index contributed by atoms with van der Waals surface area (Å²) >= 11 is 0. The molecule has 0 aliphatic rings. The minimum Gasteiger partial charge on any atom is -0.351 e. The SMILES string of the molecule is Cc1c(-c2ccccn2)c2c(C)cccc2n(C(N)=O)c1=O. The minimum absolute atomic E-state index is 0.411. The zero-order valence-electron chi connectivity index (χ0n) is 12.3. The summed E-state index contributed by atoms with van der Waals surface area (Å²) < 4.78 is 1.02. The normalized spacial score (nSPS) is 10.8. The summed E-state index contributed by atoms with van der Waals surface area (Å²) in [6.45, 7) is 3.63. The van der Waals surface area contributed by atoms with Gasteiger partial charge in [0.2, 0.25) is 0 Å². The van der Waals surface area contributed by atoms with E-state index in [0.717, 1.165) is 21.1 Å². The third-order valence-corrected chi connectivity index (χ3v) is 3.78. The Labute approximate surface area is 127 Å². The number of benzene rings is 1. The molecule has 0 aliphatic carbocycles. The maximum atomic E-state index is 12.6. The summed E-state index contributed by atoms with van der Waals surface area (Å²) in [6.07, 6.45) is 1.68. The lowest BCUT2D eigenvalue weighted by Crippen LogP contribution is -2.33. The van der Waals surface area contributed by atoms with Crippen molar-refractivity contribution in [2.45, 2.75) is 13.8 Å². The maximum Gasteiger partial charge on any atom is 0.326 e. The zero-order valence-corrected chi connectivity index (χ0v) is 12.3. The first-order chi connectivity index (χ1) is 10.5. The lowest BCUT2D eigenvalue weighted by atomic mass is 9.97. The van der Waals surface area contributed by atoms with Gasteiger partial charge in [0.05, 0.1) is 11.2 Å². The maximum absolute atomic E-state index is 12.6. The number of carbonyl (C=O) groups excluding carboxylic acids is 1. The van der Waals surface area contributed by atoms with Crippen LogP contribution in [-0.2, 0) is 0 Å². The van der Waals surface area contributed by atoms with Crippen LogP contribution in [0.5, 0.6) is 0 Å². The van der Waals surface area contributed by atoms with Crippen LogP contribution in [0, 0.1) is 13.8 Å². The molecule has 1 aromatic carbocycles. The lowest BCUT2D eigenvalue weighted by Gasteiger charge is -2.15. The van der Waals surface area contributed by atoms with Crippen molar-refractivity contribution in [3.05, 3.63) is 64.1 Å². The highest BCUT2D eigenvalue weighted by Crippen LogP contribution is 2.30. The number of hydrogen-bond acceptors (Lipinski definition) is 3. The number of nitrogens with zero attached hydrogens (tertiary/aromatic N) is 2. The van der Waals surface area contributed by atoms with Crippen LogP contribution >= 0.6 is 0 Å². The third kappa shape index (κ3) is 1.98. The molecule has 0 spiro atoms. The van der Waals surface area contributed by atoms with Crippen molar-refractivity contribution in [1.29, 1.82) is 0 Å². The fourth-order valence-corrected chi connectivity index (χ4v) is 2.79. The van der Waals surface area contributed by atoms with Gasteiger partial charge < -0.3 is 5.73 Å². The van der Waals surface area contributed by atoms with E-state index in [4.69, 9.17) is 5.73 Å². The van der Waals surface area contributed by atoms with Gasteiger partial charge in [-0.05, 0) is 37.6 Å². The van der Waals surface area contributed by atoms with Crippen LogP contribution in [0.15, 0.2) is 47.4 Å². The number of primary amides is 1. The van der Waals surface area contributed by atoms with Crippen LogP contribution in [0.2, 0.25) is 0 Å². The molecule has 3 rings (SSSR count). The Kier molecular flexibility index (Phi) is 3.25. The number of nitrogens with two attached hydrogens (primary N) is 1. The molecule has 0 saturated heterocycles. The summed E-state index contributed by atoms with van der Waals surface area (Å²) in [4.78, 5) is 28.6. The molecule has 0 fully saturated rings. The first-order valence-electron chi connectivity index (χ1n) is 6.88. The van der Waals surface area contributed by atoms with Gasteiger partial charge in [-0.2, -0.15) is 0 Å². The second kappa shape index (κ2) is 5.11. The van der Waals surface area contributed by atoms with E-state index in [-0.39, 0.29) is 0 Å². The van der Waals surface area contributed by atoms with E-state index in [1.165, 1.54) is 0 Å². The molecule has 5 heteroatoms. The van der Waals surface area contributed by atoms with Crippen LogP contribution in [0.25, 0.3) is 22.2 Å². The number of carbonyl (C=O) groups is 1. The molecule has 0 unspecified atom stereocenters. The van der Waals surface area contributed by atoms with Crippen molar-refractivity contribution >= 4 is 16.9 Å². The van der Waals surface area contributed by atoms with Gasteiger partial charge in [0.1, 0.15) is 0 Å². The van der Waals surface area contributed by atoms with Gasteiger partial charge >= 0.3 is 6.03 Å². The number of rotatable bonds is 1. The van der Waals surface area contributed by atoms with Gasteiger partial charge in [0, 0.05) is 22.7 Å². The Morgan fingerprint density at radius 1 is 1.14 bits per heavy atom. The van der Waals surface area contributed by atoms with E-state index in [1.54, 1.807) is 25.3 Å². The highest BCUT2D eigenvalue weighted by molar-refractivity contribution is 6.01. The van der Waals surface area contributed by atoms with Gasteiger partial charge in [0.25, 0.3) is 5.56 Å². The number of aromatic nitrogens is 2. The lowest BCUT2D eigenvalue weighted by molar-refractivity contribution is 0.250. The summed E-state index contributed by atoms with van der Waals surface area (Å²) in [5.41, 5.74) is 8.35. The Bertz CT molecular complexity index is 944. The highest BCUT2D eigenvalue weighted by atomic mass is 16.2. The summed E-state index contributed by atoms with van der Waals surface area (Å²) in [5.74, 6) is 0. The van der Waals surface area contributed by atoms with Gasteiger partial charge in [-0.3, -0.25) is 9.78 Å². The molecule has 0 atom stereocenters. The van der Waals surface area contributed by atoms with E-state index in [9.17, 15) is 9.59 Å². The second-order valence-electron chi connectivity index (χ2n) is 5.16. The molecule has 3 aromatic rings. The number of pyridine rings is 2. The van der Waals surface area contributed by atoms with E-state index in [0.29, 0.717) is 16.8 Å². The molecule has 0 saturated carbocycles. The number of amides is 1. The van der Waals surface area contributed by atoms with Gasteiger partial charge in [-0.25, -0.2) is 9.36 Å². The van der Waals surface area contributed by atoms with Gasteiger partial charge in [-0.15, -0.1) is 0 Å². The topological polar surface area (TPSA) is 78.0 Å². The van der Waals surface area contributed by atoms with Crippen molar-refractivity contribution < 1.29 is 4.79 Å². The summed E-state index contributed by atoms with van der Waals surface area (Å²) in [7, 11) is 0. The predicted molar refractivity (Wildman–Crippen MR) is 85.9 cm³/mol. The molecule has 2 N–H and O–H groups in total. The standard InChI is InChI=1S/C17H15N3O2/c1-10-6-5-8-13-14(10)15(12-7-3-4-9-19-12)11(2)16(21)20(13)17(18)22/h3-9H,1-2H3,(H2,18,22).